The van der Waals surface area contributed by atoms with Gasteiger partial charge in [0.25, 0.3) is 0 Å². The maximum atomic E-state index is 5.46. The van der Waals surface area contributed by atoms with E-state index < -0.39 is 0 Å². The van der Waals surface area contributed by atoms with Crippen molar-refractivity contribution in [2.45, 2.75) is 24.6 Å². The fourth-order valence-electron chi connectivity index (χ4n) is 1.38. The van der Waals surface area contributed by atoms with Gasteiger partial charge in [-0.25, -0.2) is 0 Å². The summed E-state index contributed by atoms with van der Waals surface area (Å²) >= 11 is 0. The third kappa shape index (κ3) is 1.51. The SMILES string of the molecule is B[C@H]1CC(OC)[C@@H](CN)O1. The molecule has 1 aliphatic rings. The monoisotopic (exact) mass is 143 g/mol. The molecule has 0 radical (unpaired) electrons. The molecular weight excluding hydrogens is 129 g/mol. The average molecular weight is 143 g/mol. The molecule has 0 spiro atoms. The Labute approximate surface area is 62.3 Å². The van der Waals surface area contributed by atoms with Crippen molar-refractivity contribution in [1.29, 1.82) is 0 Å². The van der Waals surface area contributed by atoms with Crippen LogP contribution in [0.1, 0.15) is 6.42 Å². The van der Waals surface area contributed by atoms with Crippen LogP contribution in [0, 0.1) is 0 Å². The maximum absolute atomic E-state index is 5.46. The van der Waals surface area contributed by atoms with Gasteiger partial charge in [0.05, 0.1) is 12.2 Å². The summed E-state index contributed by atoms with van der Waals surface area (Å²) < 4.78 is 10.6. The Bertz CT molecular complexity index is 99.9. The lowest BCUT2D eigenvalue weighted by molar-refractivity contribution is 0.0154. The van der Waals surface area contributed by atoms with Gasteiger partial charge in [-0.15, -0.1) is 0 Å². The third-order valence-corrected chi connectivity index (χ3v) is 1.92. The van der Waals surface area contributed by atoms with Gasteiger partial charge in [-0.05, 0) is 6.42 Å². The van der Waals surface area contributed by atoms with E-state index in [9.17, 15) is 0 Å². The molecule has 0 aliphatic carbocycles. The van der Waals surface area contributed by atoms with Crippen LogP contribution in [0.4, 0.5) is 0 Å². The van der Waals surface area contributed by atoms with Crippen molar-refractivity contribution in [3.8, 4) is 0 Å². The molecular formula is C6H14BNO2. The summed E-state index contributed by atoms with van der Waals surface area (Å²) in [5.74, 6) is 0. The van der Waals surface area contributed by atoms with Crippen LogP contribution in [-0.2, 0) is 9.47 Å². The van der Waals surface area contributed by atoms with Crippen LogP contribution >= 0.6 is 0 Å². The molecule has 1 fully saturated rings. The lowest BCUT2D eigenvalue weighted by Crippen LogP contribution is -2.31. The molecule has 1 heterocycles. The van der Waals surface area contributed by atoms with Crippen LogP contribution in [0.5, 0.6) is 0 Å². The van der Waals surface area contributed by atoms with E-state index in [1.807, 2.05) is 7.85 Å². The number of rotatable bonds is 2. The topological polar surface area (TPSA) is 44.5 Å². The van der Waals surface area contributed by atoms with Crippen molar-refractivity contribution in [2.24, 2.45) is 5.73 Å². The van der Waals surface area contributed by atoms with Gasteiger partial charge >= 0.3 is 0 Å². The first-order chi connectivity index (χ1) is 4.77. The Hall–Kier alpha value is -0.0551. The first-order valence-electron chi connectivity index (χ1n) is 3.66. The Kier molecular flexibility index (Phi) is 2.71. The molecule has 1 rings (SSSR count). The molecule has 0 aromatic heterocycles. The van der Waals surface area contributed by atoms with Crippen molar-refractivity contribution < 1.29 is 9.47 Å². The number of hydrogen-bond donors (Lipinski definition) is 1. The molecule has 4 heteroatoms. The number of ether oxygens (including phenoxy) is 2. The molecule has 10 heavy (non-hydrogen) atoms. The van der Waals surface area contributed by atoms with Crippen LogP contribution in [0.15, 0.2) is 0 Å². The maximum Gasteiger partial charge on any atom is 0.139 e. The van der Waals surface area contributed by atoms with Gasteiger partial charge in [-0.1, -0.05) is 0 Å². The van der Waals surface area contributed by atoms with E-state index in [1.54, 1.807) is 7.11 Å². The van der Waals surface area contributed by atoms with Crippen molar-refractivity contribution in [2.75, 3.05) is 13.7 Å². The second-order valence-corrected chi connectivity index (χ2v) is 2.73. The third-order valence-electron chi connectivity index (χ3n) is 1.92. The molecule has 58 valence electrons. The number of nitrogens with two attached hydrogens (primary N) is 1. The van der Waals surface area contributed by atoms with Crippen LogP contribution in [0.25, 0.3) is 0 Å². The smallest absolute Gasteiger partial charge is 0.139 e. The zero-order chi connectivity index (χ0) is 7.56. The molecule has 3 nitrogen and oxygen atoms in total. The molecule has 0 aromatic rings. The van der Waals surface area contributed by atoms with E-state index in [2.05, 4.69) is 0 Å². The minimum atomic E-state index is 0.111. The first-order valence-corrected chi connectivity index (χ1v) is 3.66. The van der Waals surface area contributed by atoms with E-state index in [1.165, 1.54) is 0 Å². The Morgan fingerprint density at radius 3 is 2.90 bits per heavy atom. The highest BCUT2D eigenvalue weighted by molar-refractivity contribution is 6.11. The van der Waals surface area contributed by atoms with Gasteiger partial charge in [0.15, 0.2) is 0 Å². The summed E-state index contributed by atoms with van der Waals surface area (Å²) in [6.07, 6.45) is 1.29. The second-order valence-electron chi connectivity index (χ2n) is 2.73. The quantitative estimate of drug-likeness (QED) is 0.489. The molecule has 0 bridgehead atoms. The second kappa shape index (κ2) is 3.37. The predicted octanol–water partition coefficient (Wildman–Crippen LogP) is -1.29. The predicted molar refractivity (Wildman–Crippen MR) is 41.7 cm³/mol. The number of methoxy groups -OCH3 is 1. The minimum Gasteiger partial charge on any atom is -0.380 e. The molecule has 1 unspecified atom stereocenters. The molecule has 2 N–H and O–H groups in total. The standard InChI is InChI=1S/C6H14BNO2/c1-9-4-2-6(7)10-5(4)3-8/h4-6H,2-3,7-8H2,1H3/t4?,5-,6-/m1/s1. The van der Waals surface area contributed by atoms with Crippen molar-refractivity contribution in [3.63, 3.8) is 0 Å². The van der Waals surface area contributed by atoms with E-state index in [0.29, 0.717) is 12.5 Å². The Balaban J connectivity index is 2.41. The van der Waals surface area contributed by atoms with Crippen LogP contribution in [0.2, 0.25) is 0 Å². The molecule has 1 aliphatic heterocycles. The van der Waals surface area contributed by atoms with Crippen molar-refractivity contribution in [3.05, 3.63) is 0 Å². The zero-order valence-corrected chi connectivity index (χ0v) is 6.54. The van der Waals surface area contributed by atoms with E-state index in [0.717, 1.165) is 6.42 Å². The highest BCUT2D eigenvalue weighted by Crippen LogP contribution is 2.19. The summed E-state index contributed by atoms with van der Waals surface area (Å²) in [6, 6.07) is 0.304. The Morgan fingerprint density at radius 2 is 2.50 bits per heavy atom. The van der Waals surface area contributed by atoms with Crippen LogP contribution in [-0.4, -0.2) is 39.7 Å². The van der Waals surface area contributed by atoms with Crippen molar-refractivity contribution >= 4 is 7.85 Å². The summed E-state index contributed by atoms with van der Waals surface area (Å²) in [5, 5.41) is 0. The van der Waals surface area contributed by atoms with Crippen LogP contribution < -0.4 is 5.73 Å². The highest BCUT2D eigenvalue weighted by atomic mass is 16.6. The minimum absolute atomic E-state index is 0.111. The van der Waals surface area contributed by atoms with Crippen molar-refractivity contribution in [1.82, 2.24) is 0 Å². The fourth-order valence-corrected chi connectivity index (χ4v) is 1.38. The molecule has 3 atom stereocenters. The summed E-state index contributed by atoms with van der Waals surface area (Å²) in [4.78, 5) is 0. The lowest BCUT2D eigenvalue weighted by atomic mass is 9.96. The van der Waals surface area contributed by atoms with Gasteiger partial charge in [-0.3, -0.25) is 0 Å². The zero-order valence-electron chi connectivity index (χ0n) is 6.54. The van der Waals surface area contributed by atoms with Gasteiger partial charge in [0.2, 0.25) is 0 Å². The molecule has 0 aromatic carbocycles. The average Bonchev–Trinajstić information content (AvgIpc) is 2.30. The fraction of sp³-hybridized carbons (Fsp3) is 1.00. The number of hydrogen-bond acceptors (Lipinski definition) is 3. The highest BCUT2D eigenvalue weighted by Gasteiger charge is 2.31. The largest absolute Gasteiger partial charge is 0.380 e. The lowest BCUT2D eigenvalue weighted by Gasteiger charge is -2.13. The summed E-state index contributed by atoms with van der Waals surface area (Å²) in [6.45, 7) is 0.558. The van der Waals surface area contributed by atoms with Gasteiger partial charge in [0, 0.05) is 19.7 Å². The van der Waals surface area contributed by atoms with Crippen LogP contribution in [0.3, 0.4) is 0 Å². The van der Waals surface area contributed by atoms with Gasteiger partial charge in [-0.2, -0.15) is 0 Å². The Morgan fingerprint density at radius 1 is 1.80 bits per heavy atom. The molecule has 0 saturated carbocycles. The molecule has 1 saturated heterocycles. The summed E-state index contributed by atoms with van der Waals surface area (Å²) in [7, 11) is 3.75. The molecule has 0 amide bonds. The normalized spacial score (nSPS) is 40.4. The summed E-state index contributed by atoms with van der Waals surface area (Å²) in [5.41, 5.74) is 5.46. The van der Waals surface area contributed by atoms with E-state index in [-0.39, 0.29) is 12.2 Å². The van der Waals surface area contributed by atoms with Gasteiger partial charge < -0.3 is 15.2 Å². The van der Waals surface area contributed by atoms with E-state index in [4.69, 9.17) is 15.2 Å². The van der Waals surface area contributed by atoms with E-state index >= 15 is 0 Å². The van der Waals surface area contributed by atoms with Gasteiger partial charge in [0.1, 0.15) is 7.85 Å². The first kappa shape index (κ1) is 8.05.